The fourth-order valence-corrected chi connectivity index (χ4v) is 1.39. The highest BCUT2D eigenvalue weighted by Gasteiger charge is 2.15. The average molecular weight is 192 g/mol. The number of methoxy groups -OCH3 is 1. The van der Waals surface area contributed by atoms with E-state index in [4.69, 9.17) is 14.2 Å². The van der Waals surface area contributed by atoms with E-state index in [0.29, 0.717) is 6.61 Å². The second-order valence-electron chi connectivity index (χ2n) is 3.05. The summed E-state index contributed by atoms with van der Waals surface area (Å²) in [6, 6.07) is 7.96. The maximum atomic E-state index is 5.23. The molecule has 2 rings (SSSR count). The van der Waals surface area contributed by atoms with Crippen LogP contribution in [0.25, 0.3) is 0 Å². The molecule has 0 aliphatic carbocycles. The first kappa shape index (κ1) is 9.09. The van der Waals surface area contributed by atoms with Crippen molar-refractivity contribution in [3.63, 3.8) is 0 Å². The van der Waals surface area contributed by atoms with Gasteiger partial charge in [-0.05, 0) is 11.6 Å². The lowest BCUT2D eigenvalue weighted by Gasteiger charge is -2.11. The van der Waals surface area contributed by atoms with Crippen molar-refractivity contribution < 1.29 is 14.2 Å². The molecule has 0 aromatic heterocycles. The summed E-state index contributed by atoms with van der Waals surface area (Å²) in [5.41, 5.74) is 2.12. The Morgan fingerprint density at radius 1 is 1.29 bits per heavy atom. The van der Waals surface area contributed by atoms with Crippen molar-refractivity contribution in [2.45, 2.75) is 12.9 Å². The van der Waals surface area contributed by atoms with Crippen LogP contribution in [-0.2, 0) is 20.8 Å². The van der Waals surface area contributed by atoms with Gasteiger partial charge >= 0.3 is 0 Å². The van der Waals surface area contributed by atoms with Gasteiger partial charge in [-0.15, -0.1) is 0 Å². The van der Waals surface area contributed by atoms with Crippen LogP contribution in [0.15, 0.2) is 36.8 Å². The first-order valence-electron chi connectivity index (χ1n) is 4.44. The molecule has 0 spiro atoms. The van der Waals surface area contributed by atoms with Gasteiger partial charge in [0.25, 0.3) is 6.29 Å². The van der Waals surface area contributed by atoms with Gasteiger partial charge in [0.1, 0.15) is 12.5 Å². The quantitative estimate of drug-likeness (QED) is 0.735. The van der Waals surface area contributed by atoms with Crippen LogP contribution in [-0.4, -0.2) is 7.11 Å². The highest BCUT2D eigenvalue weighted by atomic mass is 16.7. The maximum Gasteiger partial charge on any atom is 0.266 e. The van der Waals surface area contributed by atoms with Gasteiger partial charge < -0.3 is 14.2 Å². The van der Waals surface area contributed by atoms with Gasteiger partial charge in [-0.25, -0.2) is 0 Å². The Labute approximate surface area is 82.9 Å². The fraction of sp³-hybridized carbons (Fsp3) is 0.273. The molecule has 3 heteroatoms. The number of benzene rings is 1. The van der Waals surface area contributed by atoms with Gasteiger partial charge in [-0.3, -0.25) is 0 Å². The van der Waals surface area contributed by atoms with Gasteiger partial charge in [0.2, 0.25) is 0 Å². The van der Waals surface area contributed by atoms with E-state index in [0.717, 1.165) is 11.1 Å². The fourth-order valence-electron chi connectivity index (χ4n) is 1.39. The Hall–Kier alpha value is -1.48. The molecule has 0 fully saturated rings. The van der Waals surface area contributed by atoms with Crippen LogP contribution in [0.5, 0.6) is 0 Å². The van der Waals surface area contributed by atoms with Crippen molar-refractivity contribution >= 4 is 0 Å². The third kappa shape index (κ3) is 1.88. The van der Waals surface area contributed by atoms with Crippen LogP contribution in [0, 0.1) is 0 Å². The van der Waals surface area contributed by atoms with E-state index in [1.165, 1.54) is 0 Å². The molecule has 1 aliphatic heterocycles. The number of hydrogen-bond donors (Lipinski definition) is 0. The second-order valence-corrected chi connectivity index (χ2v) is 3.05. The van der Waals surface area contributed by atoms with Gasteiger partial charge in [-0.1, -0.05) is 18.2 Å². The van der Waals surface area contributed by atoms with Crippen LogP contribution < -0.4 is 0 Å². The summed E-state index contributed by atoms with van der Waals surface area (Å²) in [6.07, 6.45) is 2.80. The van der Waals surface area contributed by atoms with Crippen LogP contribution in [0.4, 0.5) is 0 Å². The van der Waals surface area contributed by atoms with Crippen molar-refractivity contribution in [3.8, 4) is 0 Å². The first-order chi connectivity index (χ1) is 6.90. The zero-order valence-electron chi connectivity index (χ0n) is 7.97. The zero-order valence-corrected chi connectivity index (χ0v) is 7.97. The molecule has 1 aromatic carbocycles. The largest absolute Gasteiger partial charge is 0.455 e. The zero-order chi connectivity index (χ0) is 9.80. The Morgan fingerprint density at radius 3 is 2.79 bits per heavy atom. The minimum atomic E-state index is -0.299. The average Bonchev–Trinajstić information content (AvgIpc) is 2.71. The lowest BCUT2D eigenvalue weighted by atomic mass is 10.1. The molecular weight excluding hydrogens is 180 g/mol. The molecule has 1 heterocycles. The van der Waals surface area contributed by atoms with Crippen LogP contribution in [0.1, 0.15) is 17.4 Å². The van der Waals surface area contributed by atoms with Gasteiger partial charge in [0.05, 0.1) is 6.61 Å². The summed E-state index contributed by atoms with van der Waals surface area (Å²) in [5, 5.41) is 0. The predicted octanol–water partition coefficient (Wildman–Crippen LogP) is 2.35. The molecule has 14 heavy (non-hydrogen) atoms. The molecule has 0 atom stereocenters. The third-order valence-corrected chi connectivity index (χ3v) is 1.99. The Bertz CT molecular complexity index is 325. The van der Waals surface area contributed by atoms with Crippen LogP contribution in [0.3, 0.4) is 0 Å². The van der Waals surface area contributed by atoms with E-state index in [1.54, 1.807) is 19.6 Å². The Morgan fingerprint density at radius 2 is 2.07 bits per heavy atom. The SMILES string of the molecule is COCc1cccc(C2OC=CO2)c1. The molecule has 0 amide bonds. The monoisotopic (exact) mass is 192 g/mol. The molecule has 74 valence electrons. The lowest BCUT2D eigenvalue weighted by molar-refractivity contribution is -0.0247. The minimum absolute atomic E-state index is 0.299. The van der Waals surface area contributed by atoms with Crippen molar-refractivity contribution in [1.29, 1.82) is 0 Å². The normalized spacial score (nSPS) is 15.2. The lowest BCUT2D eigenvalue weighted by Crippen LogP contribution is -1.99. The molecule has 0 radical (unpaired) electrons. The number of ether oxygens (including phenoxy) is 3. The second kappa shape index (κ2) is 4.15. The standard InChI is InChI=1S/C11H12O3/c1-12-8-9-3-2-4-10(7-9)11-13-5-6-14-11/h2-7,11H,8H2,1H3. The molecule has 0 saturated heterocycles. The van der Waals surface area contributed by atoms with Crippen molar-refractivity contribution in [2.75, 3.05) is 7.11 Å². The smallest absolute Gasteiger partial charge is 0.266 e. The van der Waals surface area contributed by atoms with Crippen molar-refractivity contribution in [1.82, 2.24) is 0 Å². The molecular formula is C11H12O3. The van der Waals surface area contributed by atoms with E-state index in [1.807, 2.05) is 24.3 Å². The summed E-state index contributed by atoms with van der Waals surface area (Å²) in [4.78, 5) is 0. The van der Waals surface area contributed by atoms with E-state index in [-0.39, 0.29) is 6.29 Å². The van der Waals surface area contributed by atoms with E-state index >= 15 is 0 Å². The summed E-state index contributed by atoms with van der Waals surface area (Å²) in [6.45, 7) is 0.605. The molecule has 0 saturated carbocycles. The molecule has 0 unspecified atom stereocenters. The summed E-state index contributed by atoms with van der Waals surface area (Å²) >= 11 is 0. The molecule has 1 aliphatic rings. The van der Waals surface area contributed by atoms with Crippen LogP contribution >= 0.6 is 0 Å². The van der Waals surface area contributed by atoms with Gasteiger partial charge in [0.15, 0.2) is 0 Å². The van der Waals surface area contributed by atoms with E-state index < -0.39 is 0 Å². The van der Waals surface area contributed by atoms with Crippen molar-refractivity contribution in [3.05, 3.63) is 47.9 Å². The topological polar surface area (TPSA) is 27.7 Å². The highest BCUT2D eigenvalue weighted by molar-refractivity contribution is 5.24. The highest BCUT2D eigenvalue weighted by Crippen LogP contribution is 2.24. The summed E-state index contributed by atoms with van der Waals surface area (Å²) < 4.78 is 15.5. The van der Waals surface area contributed by atoms with Crippen LogP contribution in [0.2, 0.25) is 0 Å². The summed E-state index contributed by atoms with van der Waals surface area (Å²) in [7, 11) is 1.68. The predicted molar refractivity (Wildman–Crippen MR) is 51.2 cm³/mol. The maximum absolute atomic E-state index is 5.23. The van der Waals surface area contributed by atoms with Crippen molar-refractivity contribution in [2.24, 2.45) is 0 Å². The molecule has 3 nitrogen and oxygen atoms in total. The van der Waals surface area contributed by atoms with E-state index in [9.17, 15) is 0 Å². The minimum Gasteiger partial charge on any atom is -0.455 e. The Balaban J connectivity index is 2.13. The number of rotatable bonds is 3. The van der Waals surface area contributed by atoms with Gasteiger partial charge in [-0.2, -0.15) is 0 Å². The van der Waals surface area contributed by atoms with E-state index in [2.05, 4.69) is 0 Å². The third-order valence-electron chi connectivity index (χ3n) is 1.99. The molecule has 0 bridgehead atoms. The molecule has 1 aromatic rings. The first-order valence-corrected chi connectivity index (χ1v) is 4.44. The molecule has 0 N–H and O–H groups in total. The number of hydrogen-bond acceptors (Lipinski definition) is 3. The summed E-state index contributed by atoms with van der Waals surface area (Å²) in [5.74, 6) is 0. The Kier molecular flexibility index (Phi) is 2.70. The van der Waals surface area contributed by atoms with Gasteiger partial charge in [0, 0.05) is 12.7 Å².